The molecule has 0 N–H and O–H groups in total. The third kappa shape index (κ3) is 3.30. The first-order valence-corrected chi connectivity index (χ1v) is 6.94. The molecule has 0 fully saturated rings. The van der Waals surface area contributed by atoms with Gasteiger partial charge in [-0.3, -0.25) is 4.68 Å². The van der Waals surface area contributed by atoms with Crippen LogP contribution in [0.25, 0.3) is 0 Å². The Balaban J connectivity index is 2.72. The highest BCUT2D eigenvalue weighted by molar-refractivity contribution is 7.99. The molecule has 0 aliphatic rings. The average Bonchev–Trinajstić information content (AvgIpc) is 2.51. The first-order chi connectivity index (χ1) is 7.10. The molecule has 0 aromatic carbocycles. The lowest BCUT2D eigenvalue weighted by Gasteiger charge is -2.07. The van der Waals surface area contributed by atoms with Crippen molar-refractivity contribution in [3.8, 4) is 0 Å². The van der Waals surface area contributed by atoms with E-state index >= 15 is 0 Å². The van der Waals surface area contributed by atoms with Crippen molar-refractivity contribution in [1.82, 2.24) is 9.78 Å². The van der Waals surface area contributed by atoms with Gasteiger partial charge < -0.3 is 0 Å². The Bertz CT molecular complexity index is 325. The highest BCUT2D eigenvalue weighted by atomic mass is 35.5. The van der Waals surface area contributed by atoms with Gasteiger partial charge in [0.15, 0.2) is 0 Å². The number of hydrogen-bond donors (Lipinski definition) is 0. The van der Waals surface area contributed by atoms with E-state index in [1.165, 1.54) is 0 Å². The maximum Gasteiger partial charge on any atom is 0.0858 e. The van der Waals surface area contributed by atoms with Crippen LogP contribution in [0.15, 0.2) is 0 Å². The van der Waals surface area contributed by atoms with Gasteiger partial charge in [-0.1, -0.05) is 25.4 Å². The standard InChI is InChI=1S/C10H16Cl2N2S/c1-4-8-10(12)9(14(3)13-8)6-15-7(2)5-11/h7H,4-6H2,1-3H3. The van der Waals surface area contributed by atoms with Gasteiger partial charge in [0, 0.05) is 23.9 Å². The summed E-state index contributed by atoms with van der Waals surface area (Å²) in [5.41, 5.74) is 2.07. The maximum absolute atomic E-state index is 6.23. The van der Waals surface area contributed by atoms with Crippen LogP contribution in [0.1, 0.15) is 25.2 Å². The molecule has 1 aromatic rings. The zero-order valence-electron chi connectivity index (χ0n) is 9.26. The van der Waals surface area contributed by atoms with Gasteiger partial charge in [0.1, 0.15) is 0 Å². The van der Waals surface area contributed by atoms with Gasteiger partial charge in [-0.25, -0.2) is 0 Å². The molecule has 1 atom stereocenters. The normalized spacial score (nSPS) is 13.1. The fraction of sp³-hybridized carbons (Fsp3) is 0.700. The van der Waals surface area contributed by atoms with Crippen molar-refractivity contribution in [2.45, 2.75) is 31.3 Å². The van der Waals surface area contributed by atoms with Crippen LogP contribution >= 0.6 is 35.0 Å². The number of aromatic nitrogens is 2. The Hall–Kier alpha value is 0.140. The molecule has 0 saturated carbocycles. The van der Waals surface area contributed by atoms with Crippen LogP contribution in [-0.2, 0) is 19.2 Å². The van der Waals surface area contributed by atoms with Crippen LogP contribution in [-0.4, -0.2) is 20.9 Å². The second-order valence-electron chi connectivity index (χ2n) is 3.46. The molecular weight excluding hydrogens is 251 g/mol. The van der Waals surface area contributed by atoms with Crippen molar-refractivity contribution in [2.75, 3.05) is 5.88 Å². The van der Waals surface area contributed by atoms with E-state index in [0.29, 0.717) is 11.1 Å². The molecule has 0 saturated heterocycles. The van der Waals surface area contributed by atoms with Gasteiger partial charge in [0.25, 0.3) is 0 Å². The second-order valence-corrected chi connectivity index (χ2v) is 5.57. The van der Waals surface area contributed by atoms with E-state index in [1.807, 2.05) is 11.7 Å². The van der Waals surface area contributed by atoms with Gasteiger partial charge in [-0.05, 0) is 6.42 Å². The van der Waals surface area contributed by atoms with Crippen molar-refractivity contribution in [2.24, 2.45) is 7.05 Å². The molecule has 0 aliphatic carbocycles. The Kier molecular flexibility index (Phi) is 5.30. The highest BCUT2D eigenvalue weighted by Gasteiger charge is 2.13. The third-order valence-electron chi connectivity index (χ3n) is 2.22. The topological polar surface area (TPSA) is 17.8 Å². The zero-order valence-corrected chi connectivity index (χ0v) is 11.6. The molecule has 1 unspecified atom stereocenters. The molecule has 0 radical (unpaired) electrons. The first kappa shape index (κ1) is 13.2. The number of nitrogens with zero attached hydrogens (tertiary/aromatic N) is 2. The minimum absolute atomic E-state index is 0.447. The summed E-state index contributed by atoms with van der Waals surface area (Å²) in [5.74, 6) is 1.54. The van der Waals surface area contributed by atoms with Crippen molar-refractivity contribution in [3.05, 3.63) is 16.4 Å². The van der Waals surface area contributed by atoms with Crippen LogP contribution in [0.2, 0.25) is 5.02 Å². The number of hydrogen-bond acceptors (Lipinski definition) is 2. The smallest absolute Gasteiger partial charge is 0.0858 e. The third-order valence-corrected chi connectivity index (χ3v) is 4.48. The minimum atomic E-state index is 0.447. The molecule has 0 amide bonds. The van der Waals surface area contributed by atoms with Gasteiger partial charge >= 0.3 is 0 Å². The summed E-state index contributed by atoms with van der Waals surface area (Å²) in [5, 5.41) is 5.63. The lowest BCUT2D eigenvalue weighted by atomic mass is 10.3. The predicted octanol–water partition coefficient (Wildman–Crippen LogP) is 3.50. The predicted molar refractivity (Wildman–Crippen MR) is 69.1 cm³/mol. The second kappa shape index (κ2) is 6.02. The van der Waals surface area contributed by atoms with Crippen LogP contribution < -0.4 is 0 Å². The van der Waals surface area contributed by atoms with E-state index in [4.69, 9.17) is 23.2 Å². The van der Waals surface area contributed by atoms with Gasteiger partial charge in [0.2, 0.25) is 0 Å². The first-order valence-electron chi connectivity index (χ1n) is 4.97. The average molecular weight is 267 g/mol. The largest absolute Gasteiger partial charge is 0.270 e. The van der Waals surface area contributed by atoms with Crippen molar-refractivity contribution in [1.29, 1.82) is 0 Å². The van der Waals surface area contributed by atoms with Crippen LogP contribution in [0.3, 0.4) is 0 Å². The fourth-order valence-electron chi connectivity index (χ4n) is 1.24. The molecule has 2 nitrogen and oxygen atoms in total. The fourth-order valence-corrected chi connectivity index (χ4v) is 2.81. The van der Waals surface area contributed by atoms with Gasteiger partial charge in [0.05, 0.1) is 16.4 Å². The van der Waals surface area contributed by atoms with Crippen molar-refractivity contribution < 1.29 is 0 Å². The quantitative estimate of drug-likeness (QED) is 0.760. The SMILES string of the molecule is CCc1nn(C)c(CSC(C)CCl)c1Cl. The van der Waals surface area contributed by atoms with Gasteiger partial charge in [-0.2, -0.15) is 16.9 Å². The van der Waals surface area contributed by atoms with Crippen LogP contribution in [0.4, 0.5) is 0 Å². The molecule has 0 bridgehead atoms. The van der Waals surface area contributed by atoms with E-state index in [9.17, 15) is 0 Å². The maximum atomic E-state index is 6.23. The summed E-state index contributed by atoms with van der Waals surface area (Å²) < 4.78 is 1.87. The number of thioether (sulfide) groups is 1. The summed E-state index contributed by atoms with van der Waals surface area (Å²) in [6.07, 6.45) is 0.877. The molecule has 5 heteroatoms. The lowest BCUT2D eigenvalue weighted by Crippen LogP contribution is -2.02. The van der Waals surface area contributed by atoms with Crippen LogP contribution in [0.5, 0.6) is 0 Å². The van der Waals surface area contributed by atoms with Crippen LogP contribution in [0, 0.1) is 0 Å². The molecule has 15 heavy (non-hydrogen) atoms. The summed E-state index contributed by atoms with van der Waals surface area (Å²) >= 11 is 13.8. The number of alkyl halides is 1. The Labute approximate surface area is 105 Å². The van der Waals surface area contributed by atoms with E-state index in [2.05, 4.69) is 18.9 Å². The van der Waals surface area contributed by atoms with Crippen molar-refractivity contribution in [3.63, 3.8) is 0 Å². The van der Waals surface area contributed by atoms with Gasteiger partial charge in [-0.15, -0.1) is 11.6 Å². The van der Waals surface area contributed by atoms with E-state index in [-0.39, 0.29) is 0 Å². The number of rotatable bonds is 5. The Morgan fingerprint density at radius 1 is 1.53 bits per heavy atom. The molecule has 0 aliphatic heterocycles. The molecule has 1 rings (SSSR count). The molecule has 1 aromatic heterocycles. The monoisotopic (exact) mass is 266 g/mol. The summed E-state index contributed by atoms with van der Waals surface area (Å²) in [6.45, 7) is 4.18. The van der Waals surface area contributed by atoms with Crippen molar-refractivity contribution >= 4 is 35.0 Å². The molecule has 0 spiro atoms. The Morgan fingerprint density at radius 2 is 2.20 bits per heavy atom. The Morgan fingerprint density at radius 3 is 2.67 bits per heavy atom. The summed E-state index contributed by atoms with van der Waals surface area (Å²) in [4.78, 5) is 0. The number of aryl methyl sites for hydroxylation is 2. The number of halogens is 2. The van der Waals surface area contributed by atoms with E-state index in [1.54, 1.807) is 11.8 Å². The highest BCUT2D eigenvalue weighted by Crippen LogP contribution is 2.26. The molecular formula is C10H16Cl2N2S. The van der Waals surface area contributed by atoms with E-state index < -0.39 is 0 Å². The van der Waals surface area contributed by atoms with E-state index in [0.717, 1.165) is 28.6 Å². The summed E-state index contributed by atoms with van der Waals surface area (Å²) in [6, 6.07) is 0. The summed E-state index contributed by atoms with van der Waals surface area (Å²) in [7, 11) is 1.94. The lowest BCUT2D eigenvalue weighted by molar-refractivity contribution is 0.719. The molecule has 1 heterocycles. The zero-order chi connectivity index (χ0) is 11.4. The molecule has 86 valence electrons. The minimum Gasteiger partial charge on any atom is -0.270 e.